The molecular weight excluding hydrogens is 438 g/mol. The van der Waals surface area contributed by atoms with E-state index in [0.717, 1.165) is 11.3 Å². The lowest BCUT2D eigenvalue weighted by atomic mass is 9.96. The van der Waals surface area contributed by atoms with Gasteiger partial charge in [0.1, 0.15) is 11.6 Å². The molecule has 0 aliphatic carbocycles. The van der Waals surface area contributed by atoms with Gasteiger partial charge in [0.2, 0.25) is 10.0 Å². The lowest BCUT2D eigenvalue weighted by molar-refractivity contribution is 0.414. The van der Waals surface area contributed by atoms with Crippen LogP contribution in [0.1, 0.15) is 11.1 Å². The first kappa shape index (κ1) is 22.5. The van der Waals surface area contributed by atoms with Crippen molar-refractivity contribution in [2.75, 3.05) is 19.5 Å². The van der Waals surface area contributed by atoms with Gasteiger partial charge in [-0.05, 0) is 61.0 Å². The minimum Gasteiger partial charge on any atom is -0.497 e. The van der Waals surface area contributed by atoms with Crippen molar-refractivity contribution in [1.29, 1.82) is 0 Å². The fraction of sp³-hybridized carbons (Fsp3) is 0.167. The van der Waals surface area contributed by atoms with E-state index in [1.54, 1.807) is 31.8 Å². The number of ether oxygens (including phenoxy) is 1. The minimum atomic E-state index is -3.73. The van der Waals surface area contributed by atoms with Crippen molar-refractivity contribution >= 4 is 21.5 Å². The highest BCUT2D eigenvalue weighted by molar-refractivity contribution is 7.89. The number of nitrogens with zero attached hydrogens (tertiary/aromatic N) is 3. The van der Waals surface area contributed by atoms with Crippen LogP contribution in [0.3, 0.4) is 0 Å². The van der Waals surface area contributed by atoms with Gasteiger partial charge in [-0.25, -0.2) is 23.1 Å². The maximum Gasteiger partial charge on any atom is 0.240 e. The van der Waals surface area contributed by atoms with E-state index in [-0.39, 0.29) is 4.90 Å². The number of benzene rings is 2. The van der Waals surface area contributed by atoms with Crippen LogP contribution in [-0.2, 0) is 23.5 Å². The number of sulfonamides is 1. The van der Waals surface area contributed by atoms with Crippen LogP contribution in [0.2, 0.25) is 0 Å². The number of methoxy groups -OCH3 is 1. The molecule has 0 spiro atoms. The van der Waals surface area contributed by atoms with Crippen molar-refractivity contribution in [2.24, 2.45) is 7.05 Å². The Bertz CT molecular complexity index is 1350. The summed E-state index contributed by atoms with van der Waals surface area (Å²) < 4.78 is 35.5. The van der Waals surface area contributed by atoms with Crippen molar-refractivity contribution in [3.05, 3.63) is 84.4 Å². The Kier molecular flexibility index (Phi) is 6.43. The molecule has 0 saturated heterocycles. The second kappa shape index (κ2) is 9.43. The minimum absolute atomic E-state index is 0.202. The summed E-state index contributed by atoms with van der Waals surface area (Å²) in [6.07, 6.45) is 5.63. The predicted molar refractivity (Wildman–Crippen MR) is 128 cm³/mol. The van der Waals surface area contributed by atoms with Gasteiger partial charge in [0.15, 0.2) is 0 Å². The zero-order valence-electron chi connectivity index (χ0n) is 18.6. The van der Waals surface area contributed by atoms with E-state index in [1.807, 2.05) is 60.3 Å². The van der Waals surface area contributed by atoms with Crippen molar-refractivity contribution in [1.82, 2.24) is 19.3 Å². The van der Waals surface area contributed by atoms with Gasteiger partial charge in [0, 0.05) is 30.7 Å². The summed E-state index contributed by atoms with van der Waals surface area (Å²) in [6, 6.07) is 16.5. The summed E-state index contributed by atoms with van der Waals surface area (Å²) in [5.74, 6) is 1.38. The zero-order chi connectivity index (χ0) is 23.4. The third-order valence-electron chi connectivity index (χ3n) is 5.26. The third kappa shape index (κ3) is 4.89. The van der Waals surface area contributed by atoms with E-state index < -0.39 is 10.0 Å². The van der Waals surface area contributed by atoms with Crippen LogP contribution in [0, 0.1) is 0 Å². The summed E-state index contributed by atoms with van der Waals surface area (Å²) in [4.78, 5) is 9.09. The van der Waals surface area contributed by atoms with E-state index in [0.29, 0.717) is 34.7 Å². The molecule has 0 amide bonds. The number of hydrogen-bond acceptors (Lipinski definition) is 6. The Morgan fingerprint density at radius 1 is 1.03 bits per heavy atom. The van der Waals surface area contributed by atoms with Crippen LogP contribution in [0.4, 0.5) is 11.5 Å². The van der Waals surface area contributed by atoms with Gasteiger partial charge >= 0.3 is 0 Å². The van der Waals surface area contributed by atoms with E-state index in [2.05, 4.69) is 20.0 Å². The van der Waals surface area contributed by atoms with Crippen molar-refractivity contribution < 1.29 is 13.2 Å². The van der Waals surface area contributed by atoms with Crippen LogP contribution in [-0.4, -0.2) is 37.1 Å². The Balaban J connectivity index is 1.94. The molecule has 0 unspecified atom stereocenters. The zero-order valence-corrected chi connectivity index (χ0v) is 19.4. The molecule has 8 nitrogen and oxygen atoms in total. The number of anilines is 2. The van der Waals surface area contributed by atoms with Gasteiger partial charge in [0.25, 0.3) is 0 Å². The molecule has 0 saturated carbocycles. The van der Waals surface area contributed by atoms with E-state index in [9.17, 15) is 8.42 Å². The molecule has 0 atom stereocenters. The van der Waals surface area contributed by atoms with E-state index in [1.165, 1.54) is 7.05 Å². The Labute approximate surface area is 193 Å². The second-order valence-electron chi connectivity index (χ2n) is 7.46. The Morgan fingerprint density at radius 3 is 2.42 bits per heavy atom. The molecule has 33 heavy (non-hydrogen) atoms. The van der Waals surface area contributed by atoms with Crippen molar-refractivity contribution in [2.45, 2.75) is 11.3 Å². The smallest absolute Gasteiger partial charge is 0.240 e. The molecule has 170 valence electrons. The number of aryl methyl sites for hydroxylation is 1. The lowest BCUT2D eigenvalue weighted by Gasteiger charge is -2.19. The molecule has 2 aromatic heterocycles. The second-order valence-corrected chi connectivity index (χ2v) is 9.32. The Morgan fingerprint density at radius 2 is 1.82 bits per heavy atom. The molecule has 4 aromatic rings. The molecular formula is C24H25N5O3S. The summed E-state index contributed by atoms with van der Waals surface area (Å²) in [5, 5.41) is 3.33. The molecule has 2 N–H and O–H groups in total. The van der Waals surface area contributed by atoms with Crippen LogP contribution in [0.5, 0.6) is 5.75 Å². The molecule has 0 aliphatic rings. The number of imidazole rings is 1. The predicted octanol–water partition coefficient (Wildman–Crippen LogP) is 3.73. The largest absolute Gasteiger partial charge is 0.497 e. The maximum atomic E-state index is 13.0. The van der Waals surface area contributed by atoms with E-state index in [4.69, 9.17) is 4.74 Å². The average molecular weight is 464 g/mol. The average Bonchev–Trinajstić information content (AvgIpc) is 3.26. The number of rotatable bonds is 8. The van der Waals surface area contributed by atoms with Crippen LogP contribution >= 0.6 is 0 Å². The Hall–Kier alpha value is -3.69. The van der Waals surface area contributed by atoms with Gasteiger partial charge in [-0.15, -0.1) is 0 Å². The molecule has 2 aromatic carbocycles. The van der Waals surface area contributed by atoms with Gasteiger partial charge in [-0.3, -0.25) is 0 Å². The summed E-state index contributed by atoms with van der Waals surface area (Å²) in [5.41, 5.74) is 3.65. The monoisotopic (exact) mass is 463 g/mol. The topological polar surface area (TPSA) is 98.1 Å². The van der Waals surface area contributed by atoms with Crippen molar-refractivity contribution in [3.8, 4) is 17.0 Å². The maximum absolute atomic E-state index is 13.0. The van der Waals surface area contributed by atoms with Gasteiger partial charge in [0.05, 0.1) is 24.0 Å². The molecule has 0 radical (unpaired) electrons. The summed E-state index contributed by atoms with van der Waals surface area (Å²) in [7, 11) is 1.17. The first-order valence-electron chi connectivity index (χ1n) is 10.3. The van der Waals surface area contributed by atoms with Crippen LogP contribution < -0.4 is 14.8 Å². The summed E-state index contributed by atoms with van der Waals surface area (Å²) >= 11 is 0. The number of hydrogen-bond donors (Lipinski definition) is 2. The van der Waals surface area contributed by atoms with Crippen LogP contribution in [0.15, 0.2) is 78.2 Å². The summed E-state index contributed by atoms with van der Waals surface area (Å²) in [6.45, 7) is 0. The number of nitrogens with one attached hydrogen (secondary N) is 2. The highest BCUT2D eigenvalue weighted by Gasteiger charge is 2.24. The fourth-order valence-corrected chi connectivity index (χ4v) is 4.59. The molecule has 0 fully saturated rings. The van der Waals surface area contributed by atoms with Gasteiger partial charge in [-0.1, -0.05) is 18.2 Å². The normalized spacial score (nSPS) is 11.4. The SMILES string of the molecule is CNS(=O)(=O)c1ccc(Nc2ccccn2)c(-c2cn(C)cn2)c1Cc1ccc(OC)cc1. The number of pyridine rings is 1. The third-order valence-corrected chi connectivity index (χ3v) is 6.76. The first-order valence-corrected chi connectivity index (χ1v) is 11.8. The van der Waals surface area contributed by atoms with Gasteiger partial charge in [-0.2, -0.15) is 0 Å². The standard InChI is InChI=1S/C24H25N5O3S/c1-25-33(30,31)22-12-11-20(28-23-6-4-5-13-26-23)24(21-15-29(2)16-27-21)19(22)14-17-7-9-18(32-3)10-8-17/h4-13,15-16,25H,14H2,1-3H3,(H,26,28). The van der Waals surface area contributed by atoms with Gasteiger partial charge < -0.3 is 14.6 Å². The molecule has 0 aliphatic heterocycles. The van der Waals surface area contributed by atoms with E-state index >= 15 is 0 Å². The molecule has 9 heteroatoms. The van der Waals surface area contributed by atoms with Crippen LogP contribution in [0.25, 0.3) is 11.3 Å². The van der Waals surface area contributed by atoms with Crippen molar-refractivity contribution in [3.63, 3.8) is 0 Å². The lowest BCUT2D eigenvalue weighted by Crippen LogP contribution is -2.21. The molecule has 2 heterocycles. The molecule has 0 bridgehead atoms. The highest BCUT2D eigenvalue weighted by Crippen LogP contribution is 2.37. The quantitative estimate of drug-likeness (QED) is 0.413. The highest BCUT2D eigenvalue weighted by atomic mass is 32.2. The number of aromatic nitrogens is 3. The first-order chi connectivity index (χ1) is 15.9. The fourth-order valence-electron chi connectivity index (χ4n) is 3.63. The molecule has 4 rings (SSSR count).